The minimum absolute atomic E-state index is 0.115. The van der Waals surface area contributed by atoms with Crippen LogP contribution in [0.5, 0.6) is 0 Å². The van der Waals surface area contributed by atoms with E-state index >= 15 is 0 Å². The molecule has 0 aromatic heterocycles. The number of carbonyl (C=O) groups is 1. The zero-order valence-corrected chi connectivity index (χ0v) is 9.67. The van der Waals surface area contributed by atoms with Gasteiger partial charge in [-0.05, 0) is 31.7 Å². The predicted octanol–water partition coefficient (Wildman–Crippen LogP) is 1.41. The average molecular weight is 210 g/mol. The van der Waals surface area contributed by atoms with Crippen LogP contribution in [-0.4, -0.2) is 37.0 Å². The van der Waals surface area contributed by atoms with Gasteiger partial charge in [-0.15, -0.1) is 6.58 Å². The summed E-state index contributed by atoms with van der Waals surface area (Å²) >= 11 is 0. The van der Waals surface area contributed by atoms with Crippen LogP contribution in [0.15, 0.2) is 12.7 Å². The molecule has 0 bridgehead atoms. The quantitative estimate of drug-likeness (QED) is 0.614. The Bertz CT molecular complexity index is 212. The summed E-state index contributed by atoms with van der Waals surface area (Å²) in [7, 11) is 0. The molecule has 0 radical (unpaired) electrons. The minimum Gasteiger partial charge on any atom is -0.352 e. The Hall–Kier alpha value is -0.830. The van der Waals surface area contributed by atoms with E-state index in [0.717, 1.165) is 25.4 Å². The Kier molecular flexibility index (Phi) is 5.40. The van der Waals surface area contributed by atoms with E-state index in [2.05, 4.69) is 23.7 Å². The summed E-state index contributed by atoms with van der Waals surface area (Å²) < 4.78 is 0. The lowest BCUT2D eigenvalue weighted by Crippen LogP contribution is -2.38. The van der Waals surface area contributed by atoms with Gasteiger partial charge >= 0.3 is 0 Å². The van der Waals surface area contributed by atoms with E-state index in [1.54, 1.807) is 6.08 Å². The highest BCUT2D eigenvalue weighted by atomic mass is 16.2. The van der Waals surface area contributed by atoms with Gasteiger partial charge in [0.15, 0.2) is 0 Å². The summed E-state index contributed by atoms with van der Waals surface area (Å²) in [5.41, 5.74) is 0. The van der Waals surface area contributed by atoms with Gasteiger partial charge in [0, 0.05) is 13.1 Å². The fourth-order valence-corrected chi connectivity index (χ4v) is 1.66. The lowest BCUT2D eigenvalue weighted by molar-refractivity contribution is -0.122. The topological polar surface area (TPSA) is 32.3 Å². The second kappa shape index (κ2) is 6.62. The zero-order chi connectivity index (χ0) is 11.1. The molecule has 1 fully saturated rings. The van der Waals surface area contributed by atoms with Crippen LogP contribution in [0.3, 0.4) is 0 Å². The molecule has 1 saturated carbocycles. The van der Waals surface area contributed by atoms with Crippen LogP contribution in [0.4, 0.5) is 0 Å². The van der Waals surface area contributed by atoms with E-state index < -0.39 is 0 Å². The van der Waals surface area contributed by atoms with Gasteiger partial charge in [-0.25, -0.2) is 0 Å². The van der Waals surface area contributed by atoms with Crippen LogP contribution in [0.2, 0.25) is 0 Å². The number of carbonyl (C=O) groups excluding carboxylic acids is 1. The number of nitrogens with zero attached hydrogens (tertiary/aromatic N) is 1. The molecule has 1 rings (SSSR count). The van der Waals surface area contributed by atoms with Crippen molar-refractivity contribution >= 4 is 5.91 Å². The van der Waals surface area contributed by atoms with Gasteiger partial charge in [0.2, 0.25) is 5.91 Å². The highest BCUT2D eigenvalue weighted by Crippen LogP contribution is 2.29. The van der Waals surface area contributed by atoms with Crippen molar-refractivity contribution in [1.29, 1.82) is 0 Å². The molecule has 0 aromatic rings. The van der Waals surface area contributed by atoms with Crippen molar-refractivity contribution < 1.29 is 4.79 Å². The molecule has 1 N–H and O–H groups in total. The van der Waals surface area contributed by atoms with Gasteiger partial charge in [-0.1, -0.05) is 13.0 Å². The van der Waals surface area contributed by atoms with Gasteiger partial charge in [0.05, 0.1) is 6.54 Å². The summed E-state index contributed by atoms with van der Waals surface area (Å²) in [5.74, 6) is 0.966. The normalized spacial score (nSPS) is 15.3. The standard InChI is InChI=1S/C12H22N2O/c1-3-7-13-12(15)10-14(8-4-2)9-11-5-6-11/h3,11H,1,4-10H2,2H3,(H,13,15). The Morgan fingerprint density at radius 2 is 2.33 bits per heavy atom. The first-order valence-electron chi connectivity index (χ1n) is 5.86. The van der Waals surface area contributed by atoms with E-state index in [0.29, 0.717) is 13.1 Å². The lowest BCUT2D eigenvalue weighted by Gasteiger charge is -2.20. The maximum Gasteiger partial charge on any atom is 0.234 e. The third kappa shape index (κ3) is 5.57. The molecule has 0 atom stereocenters. The Morgan fingerprint density at radius 1 is 1.60 bits per heavy atom. The van der Waals surface area contributed by atoms with Gasteiger partial charge in [0.1, 0.15) is 0 Å². The van der Waals surface area contributed by atoms with Crippen molar-refractivity contribution in [1.82, 2.24) is 10.2 Å². The van der Waals surface area contributed by atoms with Gasteiger partial charge < -0.3 is 5.32 Å². The van der Waals surface area contributed by atoms with Crippen LogP contribution in [0.1, 0.15) is 26.2 Å². The van der Waals surface area contributed by atoms with E-state index in [4.69, 9.17) is 0 Å². The molecule has 3 nitrogen and oxygen atoms in total. The smallest absolute Gasteiger partial charge is 0.234 e. The van der Waals surface area contributed by atoms with Crippen molar-refractivity contribution in [3.63, 3.8) is 0 Å². The molecule has 0 aliphatic heterocycles. The Morgan fingerprint density at radius 3 is 2.87 bits per heavy atom. The van der Waals surface area contributed by atoms with E-state index in [-0.39, 0.29) is 5.91 Å². The van der Waals surface area contributed by atoms with Crippen LogP contribution < -0.4 is 5.32 Å². The molecule has 1 amide bonds. The van der Waals surface area contributed by atoms with Crippen molar-refractivity contribution in [3.05, 3.63) is 12.7 Å². The van der Waals surface area contributed by atoms with Crippen molar-refractivity contribution in [2.75, 3.05) is 26.2 Å². The summed E-state index contributed by atoms with van der Waals surface area (Å²) in [4.78, 5) is 13.7. The third-order valence-electron chi connectivity index (χ3n) is 2.56. The Balaban J connectivity index is 2.21. The number of hydrogen-bond donors (Lipinski definition) is 1. The van der Waals surface area contributed by atoms with Crippen LogP contribution in [0.25, 0.3) is 0 Å². The minimum atomic E-state index is 0.115. The maximum absolute atomic E-state index is 11.5. The fourth-order valence-electron chi connectivity index (χ4n) is 1.66. The zero-order valence-electron chi connectivity index (χ0n) is 9.67. The maximum atomic E-state index is 11.5. The van der Waals surface area contributed by atoms with E-state index in [1.807, 2.05) is 0 Å². The number of nitrogens with one attached hydrogen (secondary N) is 1. The molecule has 0 saturated heterocycles. The van der Waals surface area contributed by atoms with E-state index in [9.17, 15) is 4.79 Å². The Labute approximate surface area is 92.5 Å². The van der Waals surface area contributed by atoms with Gasteiger partial charge in [-0.3, -0.25) is 9.69 Å². The average Bonchev–Trinajstić information content (AvgIpc) is 2.99. The molecule has 0 heterocycles. The first kappa shape index (κ1) is 12.2. The predicted molar refractivity (Wildman–Crippen MR) is 62.7 cm³/mol. The van der Waals surface area contributed by atoms with Crippen LogP contribution in [-0.2, 0) is 4.79 Å². The highest BCUT2D eigenvalue weighted by Gasteiger charge is 2.24. The summed E-state index contributed by atoms with van der Waals surface area (Å²) in [6.45, 7) is 8.96. The number of hydrogen-bond acceptors (Lipinski definition) is 2. The number of rotatable bonds is 8. The van der Waals surface area contributed by atoms with Gasteiger partial charge in [0.25, 0.3) is 0 Å². The molecule has 1 aliphatic carbocycles. The first-order valence-corrected chi connectivity index (χ1v) is 5.86. The first-order chi connectivity index (χ1) is 7.26. The molecule has 15 heavy (non-hydrogen) atoms. The summed E-state index contributed by atoms with van der Waals surface area (Å²) in [5, 5.41) is 2.82. The number of amides is 1. The highest BCUT2D eigenvalue weighted by molar-refractivity contribution is 5.78. The largest absolute Gasteiger partial charge is 0.352 e. The lowest BCUT2D eigenvalue weighted by atomic mass is 10.3. The fraction of sp³-hybridized carbons (Fsp3) is 0.750. The molecule has 0 unspecified atom stereocenters. The van der Waals surface area contributed by atoms with Crippen LogP contribution in [0, 0.1) is 5.92 Å². The van der Waals surface area contributed by atoms with Crippen molar-refractivity contribution in [3.8, 4) is 0 Å². The van der Waals surface area contributed by atoms with Gasteiger partial charge in [-0.2, -0.15) is 0 Å². The molecule has 0 spiro atoms. The van der Waals surface area contributed by atoms with E-state index in [1.165, 1.54) is 12.8 Å². The molecular formula is C12H22N2O. The molecule has 0 aromatic carbocycles. The summed E-state index contributed by atoms with van der Waals surface area (Å²) in [6, 6.07) is 0. The van der Waals surface area contributed by atoms with Crippen molar-refractivity contribution in [2.45, 2.75) is 26.2 Å². The second-order valence-electron chi connectivity index (χ2n) is 4.27. The van der Waals surface area contributed by atoms with Crippen LogP contribution >= 0.6 is 0 Å². The molecule has 1 aliphatic rings. The van der Waals surface area contributed by atoms with Crippen molar-refractivity contribution in [2.24, 2.45) is 5.92 Å². The monoisotopic (exact) mass is 210 g/mol. The second-order valence-corrected chi connectivity index (χ2v) is 4.27. The molecule has 3 heteroatoms. The molecular weight excluding hydrogens is 188 g/mol. The summed E-state index contributed by atoms with van der Waals surface area (Å²) in [6.07, 6.45) is 5.51. The molecule has 86 valence electrons. The SMILES string of the molecule is C=CCNC(=O)CN(CCC)CC1CC1. The third-order valence-corrected chi connectivity index (χ3v) is 2.56.